The molecular weight excluding hydrogens is 484 g/mol. The second-order valence-electron chi connectivity index (χ2n) is 8.36. The highest BCUT2D eigenvalue weighted by Crippen LogP contribution is 2.38. The summed E-state index contributed by atoms with van der Waals surface area (Å²) in [5.41, 5.74) is 2.16. The van der Waals surface area contributed by atoms with Crippen molar-refractivity contribution in [3.05, 3.63) is 69.6 Å². The van der Waals surface area contributed by atoms with E-state index in [0.29, 0.717) is 39.4 Å². The minimum Gasteiger partial charge on any atom is -0.492 e. The zero-order valence-electron chi connectivity index (χ0n) is 19.9. The summed E-state index contributed by atoms with van der Waals surface area (Å²) in [6, 6.07) is 14.2. The number of nitrogens with one attached hydrogen (secondary N) is 2. The second kappa shape index (κ2) is 11.6. The highest BCUT2D eigenvalue weighted by Gasteiger charge is 2.27. The molecule has 2 amide bonds. The van der Waals surface area contributed by atoms with Gasteiger partial charge in [-0.25, -0.2) is 0 Å². The van der Waals surface area contributed by atoms with E-state index in [-0.39, 0.29) is 11.8 Å². The first-order chi connectivity index (χ1) is 17.0. The van der Waals surface area contributed by atoms with Gasteiger partial charge >= 0.3 is 0 Å². The van der Waals surface area contributed by atoms with Crippen LogP contribution in [0.3, 0.4) is 0 Å². The number of anilines is 2. The molecule has 1 heterocycles. The minimum atomic E-state index is -0.757. The largest absolute Gasteiger partial charge is 0.492 e. The molecule has 1 atom stereocenters. The van der Waals surface area contributed by atoms with Crippen molar-refractivity contribution >= 4 is 45.4 Å². The minimum absolute atomic E-state index is 0.252. The molecule has 1 aromatic heterocycles. The van der Waals surface area contributed by atoms with Crippen LogP contribution in [0.5, 0.6) is 11.5 Å². The normalized spacial score (nSPS) is 13.8. The van der Waals surface area contributed by atoms with Gasteiger partial charge in [0.1, 0.15) is 16.5 Å². The number of para-hydroxylation sites is 2. The molecule has 6 nitrogen and oxygen atoms in total. The molecule has 0 aliphatic heterocycles. The summed E-state index contributed by atoms with van der Waals surface area (Å²) < 4.78 is 11.5. The van der Waals surface area contributed by atoms with Gasteiger partial charge in [-0.1, -0.05) is 30.2 Å². The van der Waals surface area contributed by atoms with E-state index in [1.165, 1.54) is 11.3 Å². The Hall–Kier alpha value is -3.03. The molecule has 35 heavy (non-hydrogen) atoms. The fraction of sp³-hybridized carbons (Fsp3) is 0.333. The Balaban J connectivity index is 1.58. The Morgan fingerprint density at radius 2 is 1.77 bits per heavy atom. The van der Waals surface area contributed by atoms with Crippen LogP contribution in [0.2, 0.25) is 5.02 Å². The van der Waals surface area contributed by atoms with Gasteiger partial charge in [-0.05, 0) is 81.5 Å². The third kappa shape index (κ3) is 6.16. The van der Waals surface area contributed by atoms with Crippen molar-refractivity contribution < 1.29 is 19.1 Å². The zero-order valence-corrected chi connectivity index (χ0v) is 21.4. The first-order valence-corrected chi connectivity index (χ1v) is 13.1. The summed E-state index contributed by atoms with van der Waals surface area (Å²) in [7, 11) is 0. The van der Waals surface area contributed by atoms with Gasteiger partial charge in [0.05, 0.1) is 17.9 Å². The number of fused-ring (bicyclic) bond motifs is 1. The van der Waals surface area contributed by atoms with Gasteiger partial charge in [0.15, 0.2) is 6.10 Å². The summed E-state index contributed by atoms with van der Waals surface area (Å²) >= 11 is 7.42. The Labute approximate surface area is 214 Å². The molecule has 2 N–H and O–H groups in total. The Morgan fingerprint density at radius 3 is 2.54 bits per heavy atom. The topological polar surface area (TPSA) is 76.7 Å². The second-order valence-corrected chi connectivity index (χ2v) is 9.90. The van der Waals surface area contributed by atoms with Crippen LogP contribution >= 0.6 is 22.9 Å². The molecule has 0 fully saturated rings. The molecule has 0 bridgehead atoms. The number of thiophene rings is 1. The number of rotatable bonds is 8. The zero-order chi connectivity index (χ0) is 24.8. The van der Waals surface area contributed by atoms with E-state index in [4.69, 9.17) is 21.1 Å². The third-order valence-corrected chi connectivity index (χ3v) is 7.28. The van der Waals surface area contributed by atoms with Gasteiger partial charge in [0.25, 0.3) is 11.8 Å². The van der Waals surface area contributed by atoms with Gasteiger partial charge in [0, 0.05) is 9.90 Å². The molecule has 3 aromatic rings. The van der Waals surface area contributed by atoms with E-state index in [1.54, 1.807) is 31.2 Å². The summed E-state index contributed by atoms with van der Waals surface area (Å²) in [6.07, 6.45) is 4.18. The predicted molar refractivity (Wildman–Crippen MR) is 141 cm³/mol. The summed E-state index contributed by atoms with van der Waals surface area (Å²) in [6.45, 7) is 4.08. The van der Waals surface area contributed by atoms with E-state index in [0.717, 1.165) is 42.5 Å². The predicted octanol–water partition coefficient (Wildman–Crippen LogP) is 6.73. The molecule has 0 saturated carbocycles. The molecule has 184 valence electrons. The quantitative estimate of drug-likeness (QED) is 0.328. The van der Waals surface area contributed by atoms with Crippen molar-refractivity contribution in [3.63, 3.8) is 0 Å². The summed E-state index contributed by atoms with van der Waals surface area (Å²) in [5, 5.41) is 7.12. The van der Waals surface area contributed by atoms with E-state index in [9.17, 15) is 9.59 Å². The lowest BCUT2D eigenvalue weighted by atomic mass is 10.0. The van der Waals surface area contributed by atoms with Crippen molar-refractivity contribution in [1.29, 1.82) is 0 Å². The van der Waals surface area contributed by atoms with Gasteiger partial charge in [-0.3, -0.25) is 9.59 Å². The maximum Gasteiger partial charge on any atom is 0.265 e. The van der Waals surface area contributed by atoms with Crippen molar-refractivity contribution in [2.24, 2.45) is 0 Å². The standard InChI is InChI=1S/C27H29ClN2O4S/c1-3-33-22-11-8-7-10-21(22)29-26(32)24-20-9-5-4-6-12-23(20)35-27(24)30-25(31)17(2)34-19-15-13-18(28)14-16-19/h7-8,10-11,13-17H,3-6,9,12H2,1-2H3,(H,29,32)(H,30,31)/t17-/m1/s1. The maximum absolute atomic E-state index is 13.6. The number of ether oxygens (including phenoxy) is 2. The molecule has 0 unspecified atom stereocenters. The van der Waals surface area contributed by atoms with Crippen molar-refractivity contribution in [2.75, 3.05) is 17.2 Å². The smallest absolute Gasteiger partial charge is 0.265 e. The maximum atomic E-state index is 13.6. The van der Waals surface area contributed by atoms with Crippen LogP contribution in [0.4, 0.5) is 10.7 Å². The van der Waals surface area contributed by atoms with Crippen LogP contribution in [-0.2, 0) is 17.6 Å². The average molecular weight is 513 g/mol. The van der Waals surface area contributed by atoms with Crippen LogP contribution in [0.1, 0.15) is 53.9 Å². The van der Waals surface area contributed by atoms with Gasteiger partial charge in [-0.2, -0.15) is 0 Å². The van der Waals surface area contributed by atoms with Crippen LogP contribution < -0.4 is 20.1 Å². The Bertz CT molecular complexity index is 1190. The number of amides is 2. The van der Waals surface area contributed by atoms with E-state index >= 15 is 0 Å². The highest BCUT2D eigenvalue weighted by atomic mass is 35.5. The summed E-state index contributed by atoms with van der Waals surface area (Å²) in [4.78, 5) is 27.7. The number of hydrogen-bond donors (Lipinski definition) is 2. The van der Waals surface area contributed by atoms with Gasteiger partial charge in [-0.15, -0.1) is 11.3 Å². The Kier molecular flexibility index (Phi) is 8.31. The first-order valence-electron chi connectivity index (χ1n) is 11.9. The highest BCUT2D eigenvalue weighted by molar-refractivity contribution is 7.17. The fourth-order valence-corrected chi connectivity index (χ4v) is 5.51. The van der Waals surface area contributed by atoms with Crippen LogP contribution in [0.15, 0.2) is 48.5 Å². The molecule has 4 rings (SSSR count). The molecule has 2 aromatic carbocycles. The van der Waals surface area contributed by atoms with Crippen LogP contribution in [-0.4, -0.2) is 24.5 Å². The molecule has 0 spiro atoms. The molecular formula is C27H29ClN2O4S. The van der Waals surface area contributed by atoms with Crippen molar-refractivity contribution in [1.82, 2.24) is 0 Å². The monoisotopic (exact) mass is 512 g/mol. The Morgan fingerprint density at radius 1 is 1.03 bits per heavy atom. The van der Waals surface area contributed by atoms with Crippen molar-refractivity contribution in [3.8, 4) is 11.5 Å². The number of benzene rings is 2. The lowest BCUT2D eigenvalue weighted by Gasteiger charge is -2.16. The van der Waals surface area contributed by atoms with E-state index < -0.39 is 6.10 Å². The molecule has 1 aliphatic carbocycles. The number of hydrogen-bond acceptors (Lipinski definition) is 5. The van der Waals surface area contributed by atoms with Gasteiger partial charge < -0.3 is 20.1 Å². The first kappa shape index (κ1) is 25.1. The summed E-state index contributed by atoms with van der Waals surface area (Å²) in [5.74, 6) is 0.586. The number of halogens is 1. The van der Waals surface area contributed by atoms with E-state index in [2.05, 4.69) is 10.6 Å². The average Bonchev–Trinajstić information content (AvgIpc) is 3.02. The lowest BCUT2D eigenvalue weighted by Crippen LogP contribution is -2.30. The molecule has 0 saturated heterocycles. The fourth-order valence-electron chi connectivity index (χ4n) is 4.09. The number of aryl methyl sites for hydroxylation is 1. The number of carbonyl (C=O) groups is 2. The molecule has 8 heteroatoms. The van der Waals surface area contributed by atoms with Crippen molar-refractivity contribution in [2.45, 2.75) is 52.1 Å². The number of carbonyl (C=O) groups excluding carboxylic acids is 2. The van der Waals surface area contributed by atoms with E-state index in [1.807, 2.05) is 31.2 Å². The third-order valence-electron chi connectivity index (χ3n) is 5.82. The molecule has 0 radical (unpaired) electrons. The van der Waals surface area contributed by atoms with Crippen LogP contribution in [0.25, 0.3) is 0 Å². The molecule has 1 aliphatic rings. The SMILES string of the molecule is CCOc1ccccc1NC(=O)c1c(NC(=O)[C@@H](C)Oc2ccc(Cl)cc2)sc2c1CCCCC2. The van der Waals surface area contributed by atoms with Crippen LogP contribution in [0, 0.1) is 0 Å². The lowest BCUT2D eigenvalue weighted by molar-refractivity contribution is -0.122. The van der Waals surface area contributed by atoms with Gasteiger partial charge in [0.2, 0.25) is 0 Å².